The summed E-state index contributed by atoms with van der Waals surface area (Å²) in [5.74, 6) is 4.63. The molecule has 0 radical (unpaired) electrons. The molecule has 1 aromatic rings. The summed E-state index contributed by atoms with van der Waals surface area (Å²) in [4.78, 5) is 21.0. The van der Waals surface area contributed by atoms with Crippen molar-refractivity contribution in [3.63, 3.8) is 0 Å². The highest BCUT2D eigenvalue weighted by atomic mass is 16.6. The van der Waals surface area contributed by atoms with Crippen molar-refractivity contribution in [2.24, 2.45) is 11.6 Å². The highest BCUT2D eigenvalue weighted by Gasteiger charge is 2.13. The normalized spacial score (nSPS) is 11.6. The van der Waals surface area contributed by atoms with Crippen LogP contribution in [0, 0.1) is 10.1 Å². The molecule has 0 aliphatic heterocycles. The number of nitrogens with one attached hydrogen (secondary N) is 2. The maximum Gasteiger partial charge on any atom is 0.273 e. The number of carbonyl (C=O) groups is 1. The number of nitrogens with zero attached hydrogens (tertiary/aromatic N) is 1. The summed E-state index contributed by atoms with van der Waals surface area (Å²) in [7, 11) is 0. The summed E-state index contributed by atoms with van der Waals surface area (Å²) >= 11 is 0. The summed E-state index contributed by atoms with van der Waals surface area (Å²) < 4.78 is 0. The number of rotatable bonds is 5. The second kappa shape index (κ2) is 5.12. The molecule has 1 unspecified atom stereocenters. The van der Waals surface area contributed by atoms with Gasteiger partial charge < -0.3 is 16.5 Å². The van der Waals surface area contributed by atoms with Crippen LogP contribution in [0.5, 0.6) is 0 Å². The second-order valence-corrected chi connectivity index (χ2v) is 3.44. The lowest BCUT2D eigenvalue weighted by molar-refractivity contribution is -0.384. The zero-order chi connectivity index (χ0) is 13.0. The fraction of sp³-hybridized carbons (Fsp3) is 0.222. The lowest BCUT2D eigenvalue weighted by atomic mass is 10.2. The molecule has 1 amide bonds. The molecule has 8 nitrogen and oxygen atoms in total. The van der Waals surface area contributed by atoms with E-state index in [0.29, 0.717) is 11.4 Å². The number of hydrogen-bond acceptors (Lipinski definition) is 6. The van der Waals surface area contributed by atoms with Gasteiger partial charge in [-0.1, -0.05) is 0 Å². The molecule has 92 valence electrons. The quantitative estimate of drug-likeness (QED) is 0.328. The average molecular weight is 239 g/mol. The predicted molar refractivity (Wildman–Crippen MR) is 63.2 cm³/mol. The minimum Gasteiger partial charge on any atom is -0.374 e. The number of nitrogen functional groups attached to an aromatic ring is 1. The topological polar surface area (TPSA) is 136 Å². The molecule has 1 atom stereocenters. The lowest BCUT2D eigenvalue weighted by Crippen LogP contribution is -2.32. The van der Waals surface area contributed by atoms with Gasteiger partial charge in [0, 0.05) is 17.8 Å². The Labute approximate surface area is 97.1 Å². The molecule has 0 fully saturated rings. The van der Waals surface area contributed by atoms with E-state index in [1.165, 1.54) is 18.2 Å². The first-order chi connectivity index (χ1) is 7.93. The number of amides is 1. The number of hydrazine groups is 1. The Hall–Kier alpha value is -2.35. The van der Waals surface area contributed by atoms with Crippen LogP contribution in [-0.4, -0.2) is 16.9 Å². The van der Waals surface area contributed by atoms with Crippen LogP contribution in [0.15, 0.2) is 18.2 Å². The molecule has 0 aromatic heterocycles. The SMILES string of the molecule is CC(Nc1cc(NN)cc([N+](=O)[O-])c1)C(N)=O. The molecular formula is C9H13N5O3. The zero-order valence-electron chi connectivity index (χ0n) is 9.14. The summed E-state index contributed by atoms with van der Waals surface area (Å²) in [5.41, 5.74) is 7.99. The van der Waals surface area contributed by atoms with Crippen molar-refractivity contribution in [1.82, 2.24) is 0 Å². The Bertz CT molecular complexity index is 448. The maximum absolute atomic E-state index is 10.9. The molecule has 0 aliphatic carbocycles. The molecule has 8 heteroatoms. The second-order valence-electron chi connectivity index (χ2n) is 3.44. The number of non-ortho nitro benzene ring substituents is 1. The van der Waals surface area contributed by atoms with Crippen LogP contribution in [0.4, 0.5) is 17.1 Å². The Morgan fingerprint density at radius 2 is 2.00 bits per heavy atom. The van der Waals surface area contributed by atoms with Crippen LogP contribution < -0.4 is 22.3 Å². The number of carbonyl (C=O) groups excluding carboxylic acids is 1. The van der Waals surface area contributed by atoms with Gasteiger partial charge in [0.25, 0.3) is 5.69 Å². The van der Waals surface area contributed by atoms with Crippen LogP contribution in [0.1, 0.15) is 6.92 Å². The minimum absolute atomic E-state index is 0.139. The molecule has 0 heterocycles. The number of nitro groups is 1. The summed E-state index contributed by atoms with van der Waals surface area (Å²) in [6, 6.07) is 3.47. The molecule has 6 N–H and O–H groups in total. The summed E-state index contributed by atoms with van der Waals surface area (Å²) in [5, 5.41) is 13.4. The molecule has 1 rings (SSSR count). The highest BCUT2D eigenvalue weighted by molar-refractivity contribution is 5.83. The van der Waals surface area contributed by atoms with Gasteiger partial charge in [-0.15, -0.1) is 0 Å². The van der Waals surface area contributed by atoms with Gasteiger partial charge in [0.1, 0.15) is 6.04 Å². The van der Waals surface area contributed by atoms with Crippen molar-refractivity contribution in [2.75, 3.05) is 10.7 Å². The summed E-state index contributed by atoms with van der Waals surface area (Å²) in [6.45, 7) is 1.55. The molecule has 17 heavy (non-hydrogen) atoms. The molecule has 0 aliphatic rings. The zero-order valence-corrected chi connectivity index (χ0v) is 9.14. The Morgan fingerprint density at radius 3 is 2.47 bits per heavy atom. The van der Waals surface area contributed by atoms with Crippen LogP contribution in [0.3, 0.4) is 0 Å². The first kappa shape index (κ1) is 12.7. The number of nitrogens with two attached hydrogens (primary N) is 2. The van der Waals surface area contributed by atoms with E-state index in [9.17, 15) is 14.9 Å². The van der Waals surface area contributed by atoms with Gasteiger partial charge in [-0.05, 0) is 13.0 Å². The van der Waals surface area contributed by atoms with E-state index in [4.69, 9.17) is 11.6 Å². The van der Waals surface area contributed by atoms with E-state index in [1.807, 2.05) is 0 Å². The van der Waals surface area contributed by atoms with Crippen LogP contribution in [0.25, 0.3) is 0 Å². The monoisotopic (exact) mass is 239 g/mol. The van der Waals surface area contributed by atoms with Crippen LogP contribution in [-0.2, 0) is 4.79 Å². The number of anilines is 2. The van der Waals surface area contributed by atoms with E-state index in [2.05, 4.69) is 10.7 Å². The molecular weight excluding hydrogens is 226 g/mol. The van der Waals surface area contributed by atoms with E-state index in [-0.39, 0.29) is 5.69 Å². The number of benzene rings is 1. The van der Waals surface area contributed by atoms with Crippen molar-refractivity contribution in [2.45, 2.75) is 13.0 Å². The molecule has 0 saturated heterocycles. The Balaban J connectivity index is 3.02. The van der Waals surface area contributed by atoms with Crippen molar-refractivity contribution < 1.29 is 9.72 Å². The number of nitro benzene ring substituents is 1. The first-order valence-corrected chi connectivity index (χ1v) is 4.76. The van der Waals surface area contributed by atoms with Gasteiger partial charge >= 0.3 is 0 Å². The molecule has 0 bridgehead atoms. The van der Waals surface area contributed by atoms with Crippen molar-refractivity contribution in [3.8, 4) is 0 Å². The van der Waals surface area contributed by atoms with Gasteiger partial charge in [0.2, 0.25) is 5.91 Å². The van der Waals surface area contributed by atoms with E-state index >= 15 is 0 Å². The van der Waals surface area contributed by atoms with Crippen LogP contribution in [0.2, 0.25) is 0 Å². The molecule has 0 spiro atoms. The van der Waals surface area contributed by atoms with Gasteiger partial charge in [-0.25, -0.2) is 0 Å². The van der Waals surface area contributed by atoms with Gasteiger partial charge in [-0.2, -0.15) is 0 Å². The van der Waals surface area contributed by atoms with Crippen LogP contribution >= 0.6 is 0 Å². The largest absolute Gasteiger partial charge is 0.374 e. The summed E-state index contributed by atoms with van der Waals surface area (Å²) in [6.07, 6.45) is 0. The fourth-order valence-electron chi connectivity index (χ4n) is 1.20. The number of hydrogen-bond donors (Lipinski definition) is 4. The third-order valence-electron chi connectivity index (χ3n) is 2.11. The van der Waals surface area contributed by atoms with E-state index in [1.54, 1.807) is 6.92 Å². The Morgan fingerprint density at radius 1 is 1.41 bits per heavy atom. The highest BCUT2D eigenvalue weighted by Crippen LogP contribution is 2.24. The van der Waals surface area contributed by atoms with Crippen molar-refractivity contribution >= 4 is 23.0 Å². The molecule has 0 saturated carbocycles. The number of primary amides is 1. The van der Waals surface area contributed by atoms with Gasteiger partial charge in [-0.3, -0.25) is 20.8 Å². The Kier molecular flexibility index (Phi) is 3.83. The van der Waals surface area contributed by atoms with E-state index < -0.39 is 16.9 Å². The van der Waals surface area contributed by atoms with Gasteiger partial charge in [0.05, 0.1) is 10.6 Å². The minimum atomic E-state index is -0.636. The van der Waals surface area contributed by atoms with Crippen molar-refractivity contribution in [3.05, 3.63) is 28.3 Å². The average Bonchev–Trinajstić information content (AvgIpc) is 2.28. The first-order valence-electron chi connectivity index (χ1n) is 4.76. The predicted octanol–water partition coefficient (Wildman–Crippen LogP) is 0.166. The molecule has 1 aromatic carbocycles. The van der Waals surface area contributed by atoms with E-state index in [0.717, 1.165) is 0 Å². The third-order valence-corrected chi connectivity index (χ3v) is 2.11. The van der Waals surface area contributed by atoms with Gasteiger partial charge in [0.15, 0.2) is 0 Å². The standard InChI is InChI=1S/C9H13N5O3/c1-5(9(10)15)12-6-2-7(13-11)4-8(3-6)14(16)17/h2-5,12-13H,11H2,1H3,(H2,10,15). The smallest absolute Gasteiger partial charge is 0.273 e. The fourth-order valence-corrected chi connectivity index (χ4v) is 1.20. The van der Waals surface area contributed by atoms with Crippen molar-refractivity contribution in [1.29, 1.82) is 0 Å². The lowest BCUT2D eigenvalue weighted by Gasteiger charge is -2.12. The third kappa shape index (κ3) is 3.31. The maximum atomic E-state index is 10.9.